The highest BCUT2D eigenvalue weighted by molar-refractivity contribution is 7.92. The van der Waals surface area contributed by atoms with Crippen LogP contribution in [0.3, 0.4) is 0 Å². The number of carbonyl (C=O) groups is 1. The van der Waals surface area contributed by atoms with E-state index in [0.29, 0.717) is 46.0 Å². The van der Waals surface area contributed by atoms with Gasteiger partial charge in [0, 0.05) is 36.3 Å². The van der Waals surface area contributed by atoms with Crippen LogP contribution in [0.1, 0.15) is 35.2 Å². The fraction of sp³-hybridized carbons (Fsp3) is 0.222. The Balaban J connectivity index is 1.39. The van der Waals surface area contributed by atoms with Crippen molar-refractivity contribution in [2.75, 3.05) is 18.4 Å². The molecule has 2 aromatic carbocycles. The summed E-state index contributed by atoms with van der Waals surface area (Å²) in [5.41, 5.74) is 1.45. The van der Waals surface area contributed by atoms with Crippen molar-refractivity contribution in [3.63, 3.8) is 0 Å². The molecule has 1 aliphatic rings. The molecule has 2 N–H and O–H groups in total. The molecule has 0 amide bonds. The average Bonchev–Trinajstić information content (AvgIpc) is 3.21. The zero-order valence-corrected chi connectivity index (χ0v) is 20.9. The zero-order valence-electron chi connectivity index (χ0n) is 20.1. The van der Waals surface area contributed by atoms with Crippen LogP contribution in [0.2, 0.25) is 0 Å². The van der Waals surface area contributed by atoms with Gasteiger partial charge in [-0.3, -0.25) is 4.79 Å². The van der Waals surface area contributed by atoms with Gasteiger partial charge in [0.05, 0.1) is 10.9 Å². The first kappa shape index (κ1) is 24.7. The molecular weight excluding hydrogens is 490 g/mol. The van der Waals surface area contributed by atoms with Gasteiger partial charge in [0.25, 0.3) is 0 Å². The van der Waals surface area contributed by atoms with Gasteiger partial charge < -0.3 is 15.0 Å². The normalized spacial score (nSPS) is 16.7. The second kappa shape index (κ2) is 10.5. The van der Waals surface area contributed by atoms with Crippen molar-refractivity contribution in [3.8, 4) is 11.5 Å². The highest BCUT2D eigenvalue weighted by Gasteiger charge is 2.27. The largest absolute Gasteiger partial charge is 0.457 e. The third-order valence-electron chi connectivity index (χ3n) is 6.36. The first-order valence-corrected chi connectivity index (χ1v) is 13.5. The Labute approximate surface area is 215 Å². The molecule has 1 atom stereocenters. The molecule has 1 unspecified atom stereocenters. The minimum Gasteiger partial charge on any atom is -0.457 e. The van der Waals surface area contributed by atoms with Gasteiger partial charge >= 0.3 is 0 Å². The van der Waals surface area contributed by atoms with Crippen LogP contribution in [0.15, 0.2) is 79.1 Å². The van der Waals surface area contributed by atoms with Crippen LogP contribution >= 0.6 is 0 Å². The molecule has 0 bridgehead atoms. The highest BCUT2D eigenvalue weighted by atomic mass is 32.2. The lowest BCUT2D eigenvalue weighted by Gasteiger charge is -2.23. The zero-order chi connectivity index (χ0) is 25.8. The lowest BCUT2D eigenvalue weighted by Crippen LogP contribution is -2.38. The van der Waals surface area contributed by atoms with E-state index in [9.17, 15) is 13.2 Å². The predicted octanol–water partition coefficient (Wildman–Crippen LogP) is 4.72. The van der Waals surface area contributed by atoms with Crippen molar-refractivity contribution < 1.29 is 17.9 Å². The number of para-hydroxylation sites is 1. The number of hydrogen-bond acceptors (Lipinski definition) is 7. The summed E-state index contributed by atoms with van der Waals surface area (Å²) < 4.78 is 32.1. The first-order valence-electron chi connectivity index (χ1n) is 12.0. The van der Waals surface area contributed by atoms with Gasteiger partial charge in [0.2, 0.25) is 10.0 Å². The van der Waals surface area contributed by atoms with Gasteiger partial charge in [-0.1, -0.05) is 31.2 Å². The second-order valence-electron chi connectivity index (χ2n) is 8.82. The minimum absolute atomic E-state index is 0.178. The molecule has 2 aromatic heterocycles. The van der Waals surface area contributed by atoms with Crippen LogP contribution in [0.25, 0.3) is 11.0 Å². The molecule has 4 aromatic rings. The van der Waals surface area contributed by atoms with E-state index in [1.807, 2.05) is 30.3 Å². The number of aromatic nitrogens is 3. The molecule has 37 heavy (non-hydrogen) atoms. The van der Waals surface area contributed by atoms with E-state index in [1.165, 1.54) is 10.6 Å². The SMILES string of the molecule is C=CS(=O)(=O)N1CCCCC(Nc2ncnc3[nH]cc(C(=O)c4ccc(Oc5ccccc5)cc4)c23)C1. The Bertz CT molecular complexity index is 1520. The third kappa shape index (κ3) is 5.40. The maximum absolute atomic E-state index is 13.5. The number of benzene rings is 2. The minimum atomic E-state index is -3.53. The number of rotatable bonds is 8. The molecule has 1 saturated heterocycles. The molecule has 3 heterocycles. The summed E-state index contributed by atoms with van der Waals surface area (Å²) in [5, 5.41) is 4.93. The van der Waals surface area contributed by atoms with Crippen LogP contribution in [-0.4, -0.2) is 52.6 Å². The maximum atomic E-state index is 13.5. The van der Waals surface area contributed by atoms with Crippen molar-refractivity contribution in [3.05, 3.63) is 90.2 Å². The molecule has 0 saturated carbocycles. The molecule has 10 heteroatoms. The van der Waals surface area contributed by atoms with E-state index < -0.39 is 10.0 Å². The van der Waals surface area contributed by atoms with Gasteiger partial charge in [-0.2, -0.15) is 4.31 Å². The topological polar surface area (TPSA) is 117 Å². The lowest BCUT2D eigenvalue weighted by atomic mass is 10.0. The van der Waals surface area contributed by atoms with Gasteiger partial charge in [-0.15, -0.1) is 0 Å². The fourth-order valence-corrected chi connectivity index (χ4v) is 5.44. The number of nitrogens with one attached hydrogen (secondary N) is 2. The van der Waals surface area contributed by atoms with Crippen molar-refractivity contribution in [1.82, 2.24) is 19.3 Å². The highest BCUT2D eigenvalue weighted by Crippen LogP contribution is 2.28. The molecule has 1 fully saturated rings. The monoisotopic (exact) mass is 517 g/mol. The number of fused-ring (bicyclic) bond motifs is 1. The van der Waals surface area contributed by atoms with Crippen LogP contribution in [0, 0.1) is 0 Å². The van der Waals surface area contributed by atoms with Crippen LogP contribution < -0.4 is 10.1 Å². The van der Waals surface area contributed by atoms with E-state index >= 15 is 0 Å². The van der Waals surface area contributed by atoms with Crippen molar-refractivity contribution in [2.45, 2.75) is 25.3 Å². The summed E-state index contributed by atoms with van der Waals surface area (Å²) in [4.78, 5) is 25.2. The molecule has 1 aliphatic heterocycles. The van der Waals surface area contributed by atoms with Crippen molar-refractivity contribution in [1.29, 1.82) is 0 Å². The number of anilines is 1. The number of nitrogens with zero attached hydrogens (tertiary/aromatic N) is 3. The predicted molar refractivity (Wildman–Crippen MR) is 142 cm³/mol. The Hall–Kier alpha value is -4.02. The smallest absolute Gasteiger partial charge is 0.235 e. The van der Waals surface area contributed by atoms with Crippen molar-refractivity contribution >= 4 is 32.7 Å². The summed E-state index contributed by atoms with van der Waals surface area (Å²) in [6, 6.07) is 16.2. The number of ketones is 1. The van der Waals surface area contributed by atoms with Gasteiger partial charge in [-0.25, -0.2) is 18.4 Å². The number of aromatic amines is 1. The van der Waals surface area contributed by atoms with Crippen LogP contribution in [-0.2, 0) is 10.0 Å². The van der Waals surface area contributed by atoms with Gasteiger partial charge in [0.1, 0.15) is 29.3 Å². The molecule has 0 spiro atoms. The summed E-state index contributed by atoms with van der Waals surface area (Å²) in [7, 11) is -3.53. The number of ether oxygens (including phenoxy) is 1. The first-order chi connectivity index (χ1) is 17.9. The van der Waals surface area contributed by atoms with E-state index in [1.54, 1.807) is 30.5 Å². The number of hydrogen-bond donors (Lipinski definition) is 2. The van der Waals surface area contributed by atoms with E-state index in [2.05, 4.69) is 26.8 Å². The molecule has 0 aliphatic carbocycles. The molecular formula is C27H27N5O4S. The number of sulfonamides is 1. The molecule has 0 radical (unpaired) electrons. The number of H-pyrrole nitrogens is 1. The lowest BCUT2D eigenvalue weighted by molar-refractivity contribution is 0.104. The summed E-state index contributed by atoms with van der Waals surface area (Å²) in [6.07, 6.45) is 5.45. The molecule has 5 rings (SSSR count). The molecule has 190 valence electrons. The standard InChI is InChI=1S/C27H27N5O4S/c1-2-37(34,35)32-15-7-6-8-20(17-32)31-27-24-23(16-28-26(24)29-18-30-27)25(33)19-11-13-22(14-12-19)36-21-9-4-3-5-10-21/h2-5,9-14,16,18,20H,1,6-8,15,17H2,(H2,28,29,30,31). The Kier molecular flexibility index (Phi) is 7.02. The van der Waals surface area contributed by atoms with Crippen molar-refractivity contribution in [2.24, 2.45) is 0 Å². The Morgan fingerprint density at radius 1 is 1.08 bits per heavy atom. The fourth-order valence-electron chi connectivity index (χ4n) is 4.46. The van der Waals surface area contributed by atoms with E-state index in [0.717, 1.165) is 24.7 Å². The quantitative estimate of drug-likeness (QED) is 0.325. The van der Waals surface area contributed by atoms with E-state index in [4.69, 9.17) is 4.74 Å². The van der Waals surface area contributed by atoms with Gasteiger partial charge in [-0.05, 0) is 49.2 Å². The molecule has 9 nitrogen and oxygen atoms in total. The van der Waals surface area contributed by atoms with Crippen LogP contribution in [0.5, 0.6) is 11.5 Å². The van der Waals surface area contributed by atoms with E-state index in [-0.39, 0.29) is 18.4 Å². The summed E-state index contributed by atoms with van der Waals surface area (Å²) in [6.45, 7) is 4.18. The third-order valence-corrected chi connectivity index (χ3v) is 7.83. The Morgan fingerprint density at radius 2 is 1.84 bits per heavy atom. The number of carbonyl (C=O) groups excluding carboxylic acids is 1. The van der Waals surface area contributed by atoms with Crippen LogP contribution in [0.4, 0.5) is 5.82 Å². The summed E-state index contributed by atoms with van der Waals surface area (Å²) in [5.74, 6) is 1.64. The maximum Gasteiger partial charge on any atom is 0.235 e. The average molecular weight is 518 g/mol. The summed E-state index contributed by atoms with van der Waals surface area (Å²) >= 11 is 0. The Morgan fingerprint density at radius 3 is 2.59 bits per heavy atom. The van der Waals surface area contributed by atoms with Gasteiger partial charge in [0.15, 0.2) is 5.78 Å². The second-order valence-corrected chi connectivity index (χ2v) is 10.7.